The van der Waals surface area contributed by atoms with Crippen molar-refractivity contribution in [2.75, 3.05) is 18.8 Å². The third kappa shape index (κ3) is 7.05. The Morgan fingerprint density at radius 2 is 2.09 bits per heavy atom. The largest absolute Gasteiger partial charge is 0.357 e. The predicted molar refractivity (Wildman–Crippen MR) is 101 cm³/mol. The quantitative estimate of drug-likeness (QED) is 0.331. The summed E-state index contributed by atoms with van der Waals surface area (Å²) in [6.07, 6.45) is 3.00. The maximum Gasteiger partial charge on any atom is 0.191 e. The molecule has 0 bridgehead atoms. The van der Waals surface area contributed by atoms with Crippen molar-refractivity contribution in [1.82, 2.24) is 15.6 Å². The normalized spacial score (nSPS) is 11.5. The Morgan fingerprint density at radius 3 is 2.78 bits per heavy atom. The van der Waals surface area contributed by atoms with Gasteiger partial charge in [-0.15, -0.1) is 23.1 Å². The van der Waals surface area contributed by atoms with Crippen LogP contribution in [0.15, 0.2) is 46.4 Å². The first-order valence-electron chi connectivity index (χ1n) is 7.89. The molecule has 2 N–H and O–H groups in total. The minimum Gasteiger partial charge on any atom is -0.357 e. The molecule has 0 saturated carbocycles. The molecule has 124 valence electrons. The lowest BCUT2D eigenvalue weighted by Gasteiger charge is -2.10. The number of aryl methyl sites for hydroxylation is 1. The minimum absolute atomic E-state index is 0.632. The van der Waals surface area contributed by atoms with Gasteiger partial charge in [-0.2, -0.15) is 0 Å². The van der Waals surface area contributed by atoms with Gasteiger partial charge in [-0.1, -0.05) is 18.2 Å². The maximum absolute atomic E-state index is 4.59. The number of rotatable bonds is 8. The van der Waals surface area contributed by atoms with Crippen LogP contribution >= 0.6 is 23.1 Å². The van der Waals surface area contributed by atoms with Gasteiger partial charge in [-0.3, -0.25) is 0 Å². The molecule has 0 aliphatic heterocycles. The number of nitrogens with one attached hydrogen (secondary N) is 2. The van der Waals surface area contributed by atoms with E-state index in [1.54, 1.807) is 11.3 Å². The molecule has 1 heterocycles. The Kier molecular flexibility index (Phi) is 7.97. The maximum atomic E-state index is 4.59. The first kappa shape index (κ1) is 17.8. The van der Waals surface area contributed by atoms with Crippen molar-refractivity contribution >= 4 is 29.1 Å². The van der Waals surface area contributed by atoms with Crippen LogP contribution in [-0.2, 0) is 6.54 Å². The van der Waals surface area contributed by atoms with Crippen LogP contribution in [0.25, 0.3) is 0 Å². The van der Waals surface area contributed by atoms with Crippen LogP contribution in [0.1, 0.15) is 23.2 Å². The van der Waals surface area contributed by atoms with E-state index in [0.29, 0.717) is 6.54 Å². The van der Waals surface area contributed by atoms with E-state index < -0.39 is 0 Å². The molecule has 0 unspecified atom stereocenters. The molecule has 0 atom stereocenters. The smallest absolute Gasteiger partial charge is 0.191 e. The van der Waals surface area contributed by atoms with Gasteiger partial charge < -0.3 is 10.6 Å². The topological polar surface area (TPSA) is 49.3 Å². The summed E-state index contributed by atoms with van der Waals surface area (Å²) in [5, 5.41) is 7.72. The molecule has 4 nitrogen and oxygen atoms in total. The van der Waals surface area contributed by atoms with Gasteiger partial charge in [0, 0.05) is 29.1 Å². The summed E-state index contributed by atoms with van der Waals surface area (Å²) >= 11 is 3.59. The van der Waals surface area contributed by atoms with Gasteiger partial charge >= 0.3 is 0 Å². The van der Waals surface area contributed by atoms with E-state index in [1.165, 1.54) is 9.77 Å². The number of thioether (sulfide) groups is 1. The highest BCUT2D eigenvalue weighted by molar-refractivity contribution is 7.99. The number of hydrogen-bond acceptors (Lipinski definition) is 4. The standard InChI is InChI=1S/C17H24N4S2/c1-3-18-17(21-13-16-20-12-14(2)23-16)19-10-7-11-22-15-8-5-4-6-9-15/h4-6,8-9,12H,3,7,10-11,13H2,1-2H3,(H2,18,19,21). The van der Waals surface area contributed by atoms with E-state index in [-0.39, 0.29) is 0 Å². The van der Waals surface area contributed by atoms with Crippen molar-refractivity contribution in [2.24, 2.45) is 4.99 Å². The molecule has 0 fully saturated rings. The van der Waals surface area contributed by atoms with Gasteiger partial charge in [-0.05, 0) is 38.2 Å². The zero-order valence-corrected chi connectivity index (χ0v) is 15.3. The fourth-order valence-corrected chi connectivity index (χ4v) is 3.53. The molecule has 1 aromatic carbocycles. The van der Waals surface area contributed by atoms with Crippen molar-refractivity contribution in [3.63, 3.8) is 0 Å². The van der Waals surface area contributed by atoms with Gasteiger partial charge in [0.2, 0.25) is 0 Å². The molecule has 2 rings (SSSR count). The zero-order chi connectivity index (χ0) is 16.3. The van der Waals surface area contributed by atoms with Crippen LogP contribution in [-0.4, -0.2) is 29.8 Å². The van der Waals surface area contributed by atoms with Crippen LogP contribution in [0.3, 0.4) is 0 Å². The minimum atomic E-state index is 0.632. The lowest BCUT2D eigenvalue weighted by molar-refractivity contribution is 0.789. The molecule has 1 aromatic heterocycles. The molecule has 2 aromatic rings. The van der Waals surface area contributed by atoms with E-state index in [1.807, 2.05) is 18.0 Å². The number of guanidine groups is 1. The average Bonchev–Trinajstić information content (AvgIpc) is 2.98. The first-order chi connectivity index (χ1) is 11.3. The van der Waals surface area contributed by atoms with Gasteiger partial charge in [-0.25, -0.2) is 9.98 Å². The summed E-state index contributed by atoms with van der Waals surface area (Å²) < 4.78 is 0. The fourth-order valence-electron chi connectivity index (χ4n) is 1.95. The lowest BCUT2D eigenvalue weighted by Crippen LogP contribution is -2.37. The van der Waals surface area contributed by atoms with Crippen molar-refractivity contribution in [1.29, 1.82) is 0 Å². The van der Waals surface area contributed by atoms with Crippen LogP contribution in [0, 0.1) is 6.92 Å². The third-order valence-electron chi connectivity index (χ3n) is 3.01. The molecule has 0 aliphatic carbocycles. The highest BCUT2D eigenvalue weighted by atomic mass is 32.2. The van der Waals surface area contributed by atoms with Crippen molar-refractivity contribution < 1.29 is 0 Å². The van der Waals surface area contributed by atoms with Crippen molar-refractivity contribution in [3.8, 4) is 0 Å². The van der Waals surface area contributed by atoms with E-state index in [9.17, 15) is 0 Å². The molecule has 0 amide bonds. The predicted octanol–water partition coefficient (Wildman–Crippen LogP) is 3.69. The van der Waals surface area contributed by atoms with Crippen LogP contribution in [0.4, 0.5) is 0 Å². The Morgan fingerprint density at radius 1 is 1.26 bits per heavy atom. The number of thiazole rings is 1. The van der Waals surface area contributed by atoms with Crippen molar-refractivity contribution in [2.45, 2.75) is 31.7 Å². The number of hydrogen-bond donors (Lipinski definition) is 2. The molecule has 0 spiro atoms. The molecule has 6 heteroatoms. The summed E-state index contributed by atoms with van der Waals surface area (Å²) in [6, 6.07) is 10.5. The summed E-state index contributed by atoms with van der Waals surface area (Å²) in [4.78, 5) is 11.5. The average molecular weight is 349 g/mol. The molecule has 0 aliphatic rings. The number of benzene rings is 1. The van der Waals surface area contributed by atoms with E-state index in [4.69, 9.17) is 0 Å². The Bertz CT molecular complexity index is 596. The second-order valence-corrected chi connectivity index (χ2v) is 7.49. The van der Waals surface area contributed by atoms with E-state index >= 15 is 0 Å². The summed E-state index contributed by atoms with van der Waals surface area (Å²) in [5.74, 6) is 1.97. The van der Waals surface area contributed by atoms with Gasteiger partial charge in [0.05, 0.1) is 6.54 Å². The lowest BCUT2D eigenvalue weighted by atomic mass is 10.4. The zero-order valence-electron chi connectivity index (χ0n) is 13.7. The first-order valence-corrected chi connectivity index (χ1v) is 9.69. The molecule has 0 radical (unpaired) electrons. The van der Waals surface area contributed by atoms with Crippen LogP contribution in [0.2, 0.25) is 0 Å². The SMILES string of the molecule is CCNC(=NCc1ncc(C)s1)NCCCSc1ccccc1. The number of aromatic nitrogens is 1. The molecule has 0 saturated heterocycles. The number of aliphatic imine (C=N–C) groups is 1. The van der Waals surface area contributed by atoms with Gasteiger partial charge in [0.15, 0.2) is 5.96 Å². The molecular formula is C17H24N4S2. The monoisotopic (exact) mass is 348 g/mol. The van der Waals surface area contributed by atoms with Crippen LogP contribution < -0.4 is 10.6 Å². The van der Waals surface area contributed by atoms with Crippen molar-refractivity contribution in [3.05, 3.63) is 46.4 Å². The van der Waals surface area contributed by atoms with Gasteiger partial charge in [0.1, 0.15) is 5.01 Å². The highest BCUT2D eigenvalue weighted by Crippen LogP contribution is 2.17. The van der Waals surface area contributed by atoms with E-state index in [2.05, 4.69) is 64.8 Å². The van der Waals surface area contributed by atoms with E-state index in [0.717, 1.165) is 36.2 Å². The van der Waals surface area contributed by atoms with Crippen LogP contribution in [0.5, 0.6) is 0 Å². The molecule has 23 heavy (non-hydrogen) atoms. The Hall–Kier alpha value is -1.53. The summed E-state index contributed by atoms with van der Waals surface area (Å²) in [7, 11) is 0. The summed E-state index contributed by atoms with van der Waals surface area (Å²) in [5.41, 5.74) is 0. The summed E-state index contributed by atoms with van der Waals surface area (Å²) in [6.45, 7) is 6.56. The Labute approximate surface area is 146 Å². The van der Waals surface area contributed by atoms with Gasteiger partial charge in [0.25, 0.3) is 0 Å². The second-order valence-electron chi connectivity index (χ2n) is 5.00. The second kappa shape index (κ2) is 10.3. The fraction of sp³-hybridized carbons (Fsp3) is 0.412. The molecular weight excluding hydrogens is 324 g/mol. The third-order valence-corrected chi connectivity index (χ3v) is 5.01. The Balaban J connectivity index is 1.69. The number of nitrogens with zero attached hydrogens (tertiary/aromatic N) is 2. The highest BCUT2D eigenvalue weighted by Gasteiger charge is 2.00.